The molecule has 4 nitrogen and oxygen atoms in total. The summed E-state index contributed by atoms with van der Waals surface area (Å²) in [6.45, 7) is 1.85. The Morgan fingerprint density at radius 1 is 1.47 bits per heavy atom. The van der Waals surface area contributed by atoms with Gasteiger partial charge in [-0.2, -0.15) is 0 Å². The second kappa shape index (κ2) is 5.09. The number of carbonyl (C=O) groups is 1. The fourth-order valence-corrected chi connectivity index (χ4v) is 1.59. The van der Waals surface area contributed by atoms with E-state index >= 15 is 0 Å². The van der Waals surface area contributed by atoms with E-state index in [0.29, 0.717) is 5.56 Å². The molecule has 0 radical (unpaired) electrons. The number of thiocarbonyl (C=S) groups is 1. The molecule has 1 amide bonds. The first-order valence-corrected chi connectivity index (χ1v) is 5.33. The highest BCUT2D eigenvalue weighted by Gasteiger charge is 2.08. The lowest BCUT2D eigenvalue weighted by molar-refractivity contribution is 0.0943. The van der Waals surface area contributed by atoms with Crippen LogP contribution in [0.25, 0.3) is 0 Å². The number of hydrogen-bond donors (Lipinski definition) is 3. The molecule has 0 bridgehead atoms. The van der Waals surface area contributed by atoms with Gasteiger partial charge < -0.3 is 5.73 Å². The summed E-state index contributed by atoms with van der Waals surface area (Å²) in [6.07, 6.45) is 0. The van der Waals surface area contributed by atoms with Crippen molar-refractivity contribution in [2.45, 2.75) is 6.92 Å². The number of aryl methyl sites for hydroxylation is 1. The maximum atomic E-state index is 11.6. The van der Waals surface area contributed by atoms with Crippen molar-refractivity contribution in [3.8, 4) is 0 Å². The molecule has 15 heavy (non-hydrogen) atoms. The zero-order chi connectivity index (χ0) is 11.4. The Morgan fingerprint density at radius 3 is 2.67 bits per heavy atom. The maximum absolute atomic E-state index is 11.6. The third-order valence-electron chi connectivity index (χ3n) is 1.73. The first-order chi connectivity index (χ1) is 7.00. The van der Waals surface area contributed by atoms with Crippen LogP contribution in [-0.2, 0) is 0 Å². The third kappa shape index (κ3) is 3.49. The molecule has 0 aliphatic heterocycles. The zero-order valence-electron chi connectivity index (χ0n) is 8.00. The van der Waals surface area contributed by atoms with Gasteiger partial charge in [0.15, 0.2) is 5.11 Å². The van der Waals surface area contributed by atoms with E-state index in [-0.39, 0.29) is 11.0 Å². The van der Waals surface area contributed by atoms with Crippen LogP contribution in [0.2, 0.25) is 0 Å². The van der Waals surface area contributed by atoms with E-state index in [1.165, 1.54) is 0 Å². The lowest BCUT2D eigenvalue weighted by atomic mass is 10.1. The molecule has 0 saturated heterocycles. The summed E-state index contributed by atoms with van der Waals surface area (Å²) >= 11 is 7.88. The molecule has 1 rings (SSSR count). The molecule has 0 unspecified atom stereocenters. The summed E-state index contributed by atoms with van der Waals surface area (Å²) in [7, 11) is 0. The lowest BCUT2D eigenvalue weighted by Gasteiger charge is -2.08. The number of nitrogens with two attached hydrogens (primary N) is 1. The fraction of sp³-hybridized carbons (Fsp3) is 0.111. The van der Waals surface area contributed by atoms with Crippen molar-refractivity contribution in [3.05, 3.63) is 33.8 Å². The molecule has 1 aromatic rings. The fourth-order valence-electron chi connectivity index (χ4n) is 1.07. The van der Waals surface area contributed by atoms with Crippen LogP contribution >= 0.6 is 28.1 Å². The quantitative estimate of drug-likeness (QED) is 0.537. The number of hydrogen-bond acceptors (Lipinski definition) is 2. The molecule has 0 aliphatic carbocycles. The standard InChI is InChI=1S/C9H10BrN3OS/c1-5-4-6(10)2-3-7(5)8(14)12-13-9(11)15/h2-4H,1H3,(H,12,14)(H3,11,13,15). The maximum Gasteiger partial charge on any atom is 0.269 e. The van der Waals surface area contributed by atoms with E-state index in [9.17, 15) is 4.79 Å². The Labute approximate surface area is 101 Å². The van der Waals surface area contributed by atoms with Crippen LogP contribution in [0, 0.1) is 6.92 Å². The van der Waals surface area contributed by atoms with Crippen molar-refractivity contribution in [1.29, 1.82) is 0 Å². The molecular formula is C9H10BrN3OS. The van der Waals surface area contributed by atoms with Crippen molar-refractivity contribution >= 4 is 39.2 Å². The van der Waals surface area contributed by atoms with Crippen molar-refractivity contribution in [2.75, 3.05) is 0 Å². The van der Waals surface area contributed by atoms with Crippen molar-refractivity contribution in [3.63, 3.8) is 0 Å². The van der Waals surface area contributed by atoms with Crippen molar-refractivity contribution < 1.29 is 4.79 Å². The molecular weight excluding hydrogens is 278 g/mol. The molecule has 4 N–H and O–H groups in total. The van der Waals surface area contributed by atoms with E-state index in [0.717, 1.165) is 10.0 Å². The highest BCUT2D eigenvalue weighted by molar-refractivity contribution is 9.10. The number of hydrazine groups is 1. The summed E-state index contributed by atoms with van der Waals surface area (Å²) < 4.78 is 0.929. The summed E-state index contributed by atoms with van der Waals surface area (Å²) in [4.78, 5) is 11.6. The minimum atomic E-state index is -0.271. The summed E-state index contributed by atoms with van der Waals surface area (Å²) in [6, 6.07) is 5.37. The molecule has 1 aromatic carbocycles. The molecule has 0 heterocycles. The number of nitrogens with one attached hydrogen (secondary N) is 2. The molecule has 0 aromatic heterocycles. The number of carbonyl (C=O) groups excluding carboxylic acids is 1. The second-order valence-corrected chi connectivity index (χ2v) is 4.26. The largest absolute Gasteiger partial charge is 0.375 e. The van der Waals surface area contributed by atoms with Gasteiger partial charge >= 0.3 is 0 Å². The van der Waals surface area contributed by atoms with Crippen LogP contribution in [-0.4, -0.2) is 11.0 Å². The van der Waals surface area contributed by atoms with Gasteiger partial charge in [-0.1, -0.05) is 15.9 Å². The summed E-state index contributed by atoms with van der Waals surface area (Å²) in [5.41, 5.74) is 11.4. The SMILES string of the molecule is Cc1cc(Br)ccc1C(=O)NNC(N)=S. The minimum Gasteiger partial charge on any atom is -0.375 e. The second-order valence-electron chi connectivity index (χ2n) is 2.90. The van der Waals surface area contributed by atoms with Gasteiger partial charge in [0.05, 0.1) is 0 Å². The highest BCUT2D eigenvalue weighted by Crippen LogP contribution is 2.15. The van der Waals surface area contributed by atoms with Gasteiger partial charge in [0.1, 0.15) is 0 Å². The van der Waals surface area contributed by atoms with Gasteiger partial charge in [0.25, 0.3) is 5.91 Å². The average molecular weight is 288 g/mol. The van der Waals surface area contributed by atoms with Crippen LogP contribution in [0.4, 0.5) is 0 Å². The van der Waals surface area contributed by atoms with E-state index < -0.39 is 0 Å². The Hall–Kier alpha value is -1.14. The number of halogens is 1. The van der Waals surface area contributed by atoms with Gasteiger partial charge in [-0.3, -0.25) is 15.6 Å². The summed E-state index contributed by atoms with van der Waals surface area (Å²) in [5, 5.41) is 0.0260. The van der Waals surface area contributed by atoms with E-state index in [2.05, 4.69) is 39.0 Å². The van der Waals surface area contributed by atoms with Crippen molar-refractivity contribution in [1.82, 2.24) is 10.9 Å². The molecule has 0 atom stereocenters. The third-order valence-corrected chi connectivity index (χ3v) is 2.33. The van der Waals surface area contributed by atoms with Crippen molar-refractivity contribution in [2.24, 2.45) is 5.73 Å². The van der Waals surface area contributed by atoms with Crippen LogP contribution < -0.4 is 16.6 Å². The van der Waals surface area contributed by atoms with E-state index in [4.69, 9.17) is 5.73 Å². The molecule has 6 heteroatoms. The topological polar surface area (TPSA) is 67.2 Å². The van der Waals surface area contributed by atoms with Crippen LogP contribution in [0.1, 0.15) is 15.9 Å². The monoisotopic (exact) mass is 287 g/mol. The summed E-state index contributed by atoms with van der Waals surface area (Å²) in [5.74, 6) is -0.271. The number of rotatable bonds is 1. The molecule has 0 aliphatic rings. The van der Waals surface area contributed by atoms with Crippen LogP contribution in [0.3, 0.4) is 0 Å². The van der Waals surface area contributed by atoms with Gasteiger partial charge in [-0.15, -0.1) is 0 Å². The Morgan fingerprint density at radius 2 is 2.13 bits per heavy atom. The molecule has 0 spiro atoms. The molecule has 80 valence electrons. The predicted octanol–water partition coefficient (Wildman–Crippen LogP) is 1.24. The highest BCUT2D eigenvalue weighted by atomic mass is 79.9. The Kier molecular flexibility index (Phi) is 4.05. The first kappa shape index (κ1) is 11.9. The van der Waals surface area contributed by atoms with Gasteiger partial charge in [-0.25, -0.2) is 0 Å². The minimum absolute atomic E-state index is 0.0260. The molecule has 0 fully saturated rings. The number of amides is 1. The number of benzene rings is 1. The van der Waals surface area contributed by atoms with Gasteiger partial charge in [0.2, 0.25) is 0 Å². The zero-order valence-corrected chi connectivity index (χ0v) is 10.4. The Balaban J connectivity index is 2.78. The van der Waals surface area contributed by atoms with Gasteiger partial charge in [-0.05, 0) is 42.9 Å². The lowest BCUT2D eigenvalue weighted by Crippen LogP contribution is -2.44. The smallest absolute Gasteiger partial charge is 0.269 e. The molecule has 0 saturated carbocycles. The average Bonchev–Trinajstić information content (AvgIpc) is 2.14. The Bertz CT molecular complexity index is 408. The normalized spacial score (nSPS) is 9.47. The first-order valence-electron chi connectivity index (χ1n) is 4.12. The van der Waals surface area contributed by atoms with E-state index in [1.54, 1.807) is 12.1 Å². The van der Waals surface area contributed by atoms with Crippen LogP contribution in [0.15, 0.2) is 22.7 Å². The van der Waals surface area contributed by atoms with Gasteiger partial charge in [0, 0.05) is 10.0 Å². The van der Waals surface area contributed by atoms with Crippen LogP contribution in [0.5, 0.6) is 0 Å². The predicted molar refractivity (Wildman–Crippen MR) is 66.3 cm³/mol. The van der Waals surface area contributed by atoms with E-state index in [1.807, 2.05) is 13.0 Å².